The van der Waals surface area contributed by atoms with Crippen LogP contribution in [0.25, 0.3) is 5.65 Å². The minimum Gasteiger partial charge on any atom is -0.368 e. The number of rotatable bonds is 4. The van der Waals surface area contributed by atoms with Gasteiger partial charge in [0.05, 0.1) is 6.20 Å². The number of hydrogen-bond acceptors (Lipinski definition) is 5. The first-order valence-electron chi connectivity index (χ1n) is 9.48. The monoisotopic (exact) mass is 363 g/mol. The van der Waals surface area contributed by atoms with Crippen LogP contribution in [0.2, 0.25) is 0 Å². The molecule has 0 saturated carbocycles. The molecule has 0 N–H and O–H groups in total. The first-order chi connectivity index (χ1) is 13.0. The molecule has 0 bridgehead atoms. The van der Waals surface area contributed by atoms with Gasteiger partial charge in [-0.3, -0.25) is 4.79 Å². The highest BCUT2D eigenvalue weighted by molar-refractivity contribution is 5.94. The average Bonchev–Trinajstić information content (AvgIpc) is 3.16. The van der Waals surface area contributed by atoms with Gasteiger partial charge in [-0.25, -0.2) is 4.98 Å². The number of carbonyl (C=O) groups excluding carboxylic acids is 1. The summed E-state index contributed by atoms with van der Waals surface area (Å²) >= 11 is 0. The number of carbonyl (C=O) groups is 1. The van der Waals surface area contributed by atoms with E-state index in [1.807, 2.05) is 41.0 Å². The molecular formula is C21H25N5O. The predicted octanol–water partition coefficient (Wildman–Crippen LogP) is 3.38. The minimum atomic E-state index is 0.105. The van der Waals surface area contributed by atoms with Crippen molar-refractivity contribution in [1.82, 2.24) is 14.6 Å². The van der Waals surface area contributed by atoms with Gasteiger partial charge < -0.3 is 9.80 Å². The summed E-state index contributed by atoms with van der Waals surface area (Å²) in [6, 6.07) is 12.0. The van der Waals surface area contributed by atoms with Gasteiger partial charge >= 0.3 is 0 Å². The SMILES string of the molecule is CC(=O)c1ccc(N2CCN(c3cc(C(C)C)nc4ccnn34)CC2)cc1. The van der Waals surface area contributed by atoms with Crippen LogP contribution in [-0.4, -0.2) is 46.6 Å². The number of nitrogens with zero attached hydrogens (tertiary/aromatic N) is 5. The normalized spacial score (nSPS) is 15.0. The molecule has 1 aliphatic heterocycles. The molecule has 0 radical (unpaired) electrons. The van der Waals surface area contributed by atoms with Crippen molar-refractivity contribution in [1.29, 1.82) is 0 Å². The molecule has 0 atom stereocenters. The highest BCUT2D eigenvalue weighted by Gasteiger charge is 2.21. The number of ketones is 1. The van der Waals surface area contributed by atoms with Gasteiger partial charge in [0.15, 0.2) is 11.4 Å². The van der Waals surface area contributed by atoms with E-state index in [0.717, 1.165) is 48.9 Å². The number of aromatic nitrogens is 3. The third-order valence-electron chi connectivity index (χ3n) is 5.19. The van der Waals surface area contributed by atoms with E-state index in [1.54, 1.807) is 6.92 Å². The Morgan fingerprint density at radius 2 is 1.67 bits per heavy atom. The second-order valence-electron chi connectivity index (χ2n) is 7.37. The maximum atomic E-state index is 11.5. The molecular weight excluding hydrogens is 338 g/mol. The Morgan fingerprint density at radius 3 is 2.30 bits per heavy atom. The molecule has 1 saturated heterocycles. The third kappa shape index (κ3) is 3.39. The summed E-state index contributed by atoms with van der Waals surface area (Å²) in [6.45, 7) is 9.64. The lowest BCUT2D eigenvalue weighted by molar-refractivity contribution is 0.101. The van der Waals surface area contributed by atoms with E-state index in [-0.39, 0.29) is 5.78 Å². The molecule has 3 aromatic rings. The number of fused-ring (bicyclic) bond motifs is 1. The third-order valence-corrected chi connectivity index (χ3v) is 5.19. The smallest absolute Gasteiger partial charge is 0.159 e. The first-order valence-corrected chi connectivity index (χ1v) is 9.48. The van der Waals surface area contributed by atoms with Crippen LogP contribution in [0.15, 0.2) is 42.6 Å². The number of Topliss-reactive ketones (excluding diaryl/α,β-unsaturated/α-hetero) is 1. The van der Waals surface area contributed by atoms with Crippen molar-refractivity contribution >= 4 is 22.9 Å². The summed E-state index contributed by atoms with van der Waals surface area (Å²) in [5.41, 5.74) is 3.93. The Hall–Kier alpha value is -2.89. The molecule has 27 heavy (non-hydrogen) atoms. The van der Waals surface area contributed by atoms with Crippen LogP contribution < -0.4 is 9.80 Å². The van der Waals surface area contributed by atoms with Crippen molar-refractivity contribution in [2.75, 3.05) is 36.0 Å². The highest BCUT2D eigenvalue weighted by atomic mass is 16.1. The second kappa shape index (κ2) is 7.02. The number of hydrogen-bond donors (Lipinski definition) is 0. The molecule has 2 aromatic heterocycles. The molecule has 0 spiro atoms. The Morgan fingerprint density at radius 1 is 1.00 bits per heavy atom. The Kier molecular flexibility index (Phi) is 4.56. The fraction of sp³-hybridized carbons (Fsp3) is 0.381. The molecule has 1 aliphatic rings. The van der Waals surface area contributed by atoms with Crippen LogP contribution in [0.4, 0.5) is 11.5 Å². The van der Waals surface area contributed by atoms with Gasteiger partial charge in [-0.05, 0) is 37.1 Å². The molecule has 6 nitrogen and oxygen atoms in total. The van der Waals surface area contributed by atoms with E-state index in [1.165, 1.54) is 5.69 Å². The van der Waals surface area contributed by atoms with Crippen LogP contribution in [-0.2, 0) is 0 Å². The van der Waals surface area contributed by atoms with Crippen molar-refractivity contribution in [2.24, 2.45) is 0 Å². The van der Waals surface area contributed by atoms with Crippen LogP contribution in [0.5, 0.6) is 0 Å². The van der Waals surface area contributed by atoms with Crippen molar-refractivity contribution in [3.63, 3.8) is 0 Å². The summed E-state index contributed by atoms with van der Waals surface area (Å²) in [5.74, 6) is 1.60. The van der Waals surface area contributed by atoms with Crippen LogP contribution in [0, 0.1) is 0 Å². The van der Waals surface area contributed by atoms with Crippen molar-refractivity contribution in [3.8, 4) is 0 Å². The van der Waals surface area contributed by atoms with Gasteiger partial charge in [0.1, 0.15) is 5.82 Å². The Bertz CT molecular complexity index is 952. The minimum absolute atomic E-state index is 0.105. The predicted molar refractivity (Wildman–Crippen MR) is 108 cm³/mol. The summed E-state index contributed by atoms with van der Waals surface area (Å²) < 4.78 is 1.93. The van der Waals surface area contributed by atoms with E-state index < -0.39 is 0 Å². The lowest BCUT2D eigenvalue weighted by Gasteiger charge is -2.37. The fourth-order valence-electron chi connectivity index (χ4n) is 3.54. The standard InChI is InChI=1S/C21H25N5O/c1-15(2)19-14-21(26-20(23-19)8-9-22-26)25-12-10-24(11-13-25)18-6-4-17(5-7-18)16(3)27/h4-9,14-15H,10-13H2,1-3H3. The zero-order valence-corrected chi connectivity index (χ0v) is 16.1. The molecule has 4 rings (SSSR count). The molecule has 1 aromatic carbocycles. The maximum absolute atomic E-state index is 11.5. The quantitative estimate of drug-likeness (QED) is 0.665. The van der Waals surface area contributed by atoms with E-state index in [4.69, 9.17) is 4.98 Å². The van der Waals surface area contributed by atoms with E-state index in [9.17, 15) is 4.79 Å². The average molecular weight is 363 g/mol. The first kappa shape index (κ1) is 17.5. The Labute approximate surface area is 159 Å². The van der Waals surface area contributed by atoms with E-state index in [0.29, 0.717) is 5.92 Å². The van der Waals surface area contributed by atoms with Gasteiger partial charge in [0.2, 0.25) is 0 Å². The van der Waals surface area contributed by atoms with Crippen molar-refractivity contribution in [2.45, 2.75) is 26.7 Å². The summed E-state index contributed by atoms with van der Waals surface area (Å²) in [4.78, 5) is 20.9. The van der Waals surface area contributed by atoms with Crippen molar-refractivity contribution < 1.29 is 4.79 Å². The van der Waals surface area contributed by atoms with Gasteiger partial charge in [0.25, 0.3) is 0 Å². The fourth-order valence-corrected chi connectivity index (χ4v) is 3.54. The molecule has 1 fully saturated rings. The topological polar surface area (TPSA) is 53.7 Å². The zero-order chi connectivity index (χ0) is 19.0. The van der Waals surface area contributed by atoms with Crippen LogP contribution in [0.3, 0.4) is 0 Å². The maximum Gasteiger partial charge on any atom is 0.159 e. The van der Waals surface area contributed by atoms with Crippen LogP contribution >= 0.6 is 0 Å². The molecule has 0 unspecified atom stereocenters. The highest BCUT2D eigenvalue weighted by Crippen LogP contribution is 2.24. The largest absolute Gasteiger partial charge is 0.368 e. The van der Waals surface area contributed by atoms with Gasteiger partial charge in [-0.1, -0.05) is 13.8 Å². The number of benzene rings is 1. The molecule has 6 heteroatoms. The van der Waals surface area contributed by atoms with E-state index in [2.05, 4.69) is 34.8 Å². The molecule has 0 aliphatic carbocycles. The van der Waals surface area contributed by atoms with Crippen molar-refractivity contribution in [3.05, 3.63) is 53.9 Å². The van der Waals surface area contributed by atoms with E-state index >= 15 is 0 Å². The number of piperazine rings is 1. The van der Waals surface area contributed by atoms with Gasteiger partial charge in [0, 0.05) is 55.3 Å². The van der Waals surface area contributed by atoms with Gasteiger partial charge in [-0.2, -0.15) is 9.61 Å². The summed E-state index contributed by atoms with van der Waals surface area (Å²) in [7, 11) is 0. The zero-order valence-electron chi connectivity index (χ0n) is 16.1. The molecule has 0 amide bonds. The number of anilines is 2. The molecule has 140 valence electrons. The lowest BCUT2D eigenvalue weighted by Crippen LogP contribution is -2.47. The van der Waals surface area contributed by atoms with Crippen LogP contribution in [0.1, 0.15) is 42.7 Å². The Balaban J connectivity index is 1.53. The summed E-state index contributed by atoms with van der Waals surface area (Å²) in [5, 5.41) is 4.46. The lowest BCUT2D eigenvalue weighted by atomic mass is 10.1. The molecule has 3 heterocycles. The van der Waals surface area contributed by atoms with Gasteiger partial charge in [-0.15, -0.1) is 0 Å². The summed E-state index contributed by atoms with van der Waals surface area (Å²) in [6.07, 6.45) is 1.81. The second-order valence-corrected chi connectivity index (χ2v) is 7.37.